The highest BCUT2D eigenvalue weighted by Gasteiger charge is 2.36. The van der Waals surface area contributed by atoms with E-state index in [-0.39, 0.29) is 35.7 Å². The number of hydrogen-bond donors (Lipinski definition) is 2. The number of carbonyl (C=O) groups excluding carboxylic acids is 2. The summed E-state index contributed by atoms with van der Waals surface area (Å²) in [6.45, 7) is 7.12. The smallest absolute Gasteiger partial charge is 0.251 e. The number of nitrogens with one attached hydrogen (secondary N) is 1. The van der Waals surface area contributed by atoms with E-state index >= 15 is 0 Å². The molecule has 3 N–H and O–H groups in total. The van der Waals surface area contributed by atoms with Crippen LogP contribution < -0.4 is 11.1 Å². The molecule has 7 heteroatoms. The van der Waals surface area contributed by atoms with E-state index < -0.39 is 6.04 Å². The number of carbonyl (C=O) groups is 2. The lowest BCUT2D eigenvalue weighted by Gasteiger charge is -2.43. The molecule has 1 aliphatic rings. The van der Waals surface area contributed by atoms with Gasteiger partial charge in [0.2, 0.25) is 5.91 Å². The molecule has 0 aliphatic carbocycles. The van der Waals surface area contributed by atoms with Crippen LogP contribution in [0.1, 0.15) is 37.6 Å². The summed E-state index contributed by atoms with van der Waals surface area (Å²) in [7, 11) is 0. The molecule has 0 saturated carbocycles. The minimum absolute atomic E-state index is 0. The number of nitrogens with zero attached hydrogens (tertiary/aromatic N) is 1. The number of halogens is 2. The molecule has 2 amide bonds. The molecular formula is C17H25BrClN3O2. The first kappa shape index (κ1) is 20.9. The monoisotopic (exact) mass is 417 g/mol. The molecule has 134 valence electrons. The fraction of sp³-hybridized carbons (Fsp3) is 0.529. The Hall–Kier alpha value is -1.11. The third kappa shape index (κ3) is 4.94. The van der Waals surface area contributed by atoms with E-state index in [1.807, 2.05) is 0 Å². The molecule has 0 spiro atoms. The molecule has 1 fully saturated rings. The van der Waals surface area contributed by atoms with Crippen LogP contribution in [0, 0.1) is 5.41 Å². The van der Waals surface area contributed by atoms with Crippen LogP contribution in [0.2, 0.25) is 0 Å². The Morgan fingerprint density at radius 3 is 2.46 bits per heavy atom. The van der Waals surface area contributed by atoms with Crippen molar-refractivity contribution in [1.29, 1.82) is 0 Å². The lowest BCUT2D eigenvalue weighted by atomic mass is 9.79. The molecule has 1 heterocycles. The fourth-order valence-electron chi connectivity index (χ4n) is 2.78. The van der Waals surface area contributed by atoms with Gasteiger partial charge in [0.15, 0.2) is 0 Å². The first-order chi connectivity index (χ1) is 10.7. The van der Waals surface area contributed by atoms with Crippen molar-refractivity contribution in [1.82, 2.24) is 10.2 Å². The van der Waals surface area contributed by atoms with Crippen molar-refractivity contribution in [2.75, 3.05) is 13.1 Å². The summed E-state index contributed by atoms with van der Waals surface area (Å²) in [6, 6.07) is 6.58. The van der Waals surface area contributed by atoms with Crippen LogP contribution in [0.4, 0.5) is 0 Å². The number of benzene rings is 1. The Balaban J connectivity index is 0.00000288. The number of likely N-dealkylation sites (tertiary alicyclic amines) is 1. The maximum Gasteiger partial charge on any atom is 0.251 e. The molecule has 24 heavy (non-hydrogen) atoms. The third-order valence-electron chi connectivity index (χ3n) is 4.45. The topological polar surface area (TPSA) is 75.4 Å². The van der Waals surface area contributed by atoms with Crippen molar-refractivity contribution in [2.24, 2.45) is 11.1 Å². The summed E-state index contributed by atoms with van der Waals surface area (Å²) in [5, 5.41) is 2.77. The van der Waals surface area contributed by atoms with Gasteiger partial charge in [-0.2, -0.15) is 0 Å². The van der Waals surface area contributed by atoms with Crippen molar-refractivity contribution in [3.63, 3.8) is 0 Å². The standard InChI is InChI=1S/C17H24BrN3O2.ClH/c1-11(20-15(22)12-4-6-13(18)7-5-12)16(23)21-9-8-14(19)17(2,3)10-21;/h4-7,11,14H,8-10,19H2,1-3H3,(H,20,22);1H. The van der Waals surface area contributed by atoms with E-state index in [9.17, 15) is 9.59 Å². The van der Waals surface area contributed by atoms with Gasteiger partial charge >= 0.3 is 0 Å². The number of amides is 2. The number of nitrogens with two attached hydrogens (primary N) is 1. The highest BCUT2D eigenvalue weighted by molar-refractivity contribution is 9.10. The summed E-state index contributed by atoms with van der Waals surface area (Å²) in [6.07, 6.45) is 0.784. The molecule has 2 unspecified atom stereocenters. The Morgan fingerprint density at radius 2 is 1.92 bits per heavy atom. The molecular weight excluding hydrogens is 394 g/mol. The van der Waals surface area contributed by atoms with Gasteiger partial charge in [0.05, 0.1) is 0 Å². The zero-order chi connectivity index (χ0) is 17.2. The molecule has 1 aromatic carbocycles. The zero-order valence-corrected chi connectivity index (χ0v) is 16.6. The SMILES string of the molecule is CC(NC(=O)c1ccc(Br)cc1)C(=O)N1CCC(N)C(C)(C)C1.Cl. The Kier molecular flexibility index (Phi) is 7.25. The predicted octanol–water partition coefficient (Wildman–Crippen LogP) is 2.58. The largest absolute Gasteiger partial charge is 0.341 e. The van der Waals surface area contributed by atoms with E-state index in [0.717, 1.165) is 10.9 Å². The van der Waals surface area contributed by atoms with Gasteiger partial charge in [-0.05, 0) is 43.0 Å². The second kappa shape index (κ2) is 8.32. The van der Waals surface area contributed by atoms with Gasteiger partial charge in [0.25, 0.3) is 5.91 Å². The molecule has 2 atom stereocenters. The molecule has 1 aromatic rings. The van der Waals surface area contributed by atoms with Crippen LogP contribution >= 0.6 is 28.3 Å². The second-order valence-electron chi connectivity index (χ2n) is 6.85. The lowest BCUT2D eigenvalue weighted by Crippen LogP contribution is -2.57. The van der Waals surface area contributed by atoms with Gasteiger partial charge in [0.1, 0.15) is 6.04 Å². The van der Waals surface area contributed by atoms with Gasteiger partial charge in [0, 0.05) is 29.2 Å². The first-order valence-corrected chi connectivity index (χ1v) is 8.61. The van der Waals surface area contributed by atoms with Crippen LogP contribution in [-0.4, -0.2) is 41.9 Å². The molecule has 1 saturated heterocycles. The summed E-state index contributed by atoms with van der Waals surface area (Å²) < 4.78 is 0.907. The summed E-state index contributed by atoms with van der Waals surface area (Å²) in [5.74, 6) is -0.304. The van der Waals surface area contributed by atoms with Crippen LogP contribution in [-0.2, 0) is 4.79 Å². The van der Waals surface area contributed by atoms with Crippen molar-refractivity contribution < 1.29 is 9.59 Å². The Labute approximate surface area is 157 Å². The number of piperidine rings is 1. The van der Waals surface area contributed by atoms with E-state index in [4.69, 9.17) is 5.73 Å². The molecule has 5 nitrogen and oxygen atoms in total. The van der Waals surface area contributed by atoms with Gasteiger partial charge in [-0.25, -0.2) is 0 Å². The van der Waals surface area contributed by atoms with E-state index in [1.54, 1.807) is 36.1 Å². The van der Waals surface area contributed by atoms with Gasteiger partial charge in [-0.15, -0.1) is 12.4 Å². The quantitative estimate of drug-likeness (QED) is 0.792. The average Bonchev–Trinajstić information content (AvgIpc) is 2.49. The zero-order valence-electron chi connectivity index (χ0n) is 14.2. The van der Waals surface area contributed by atoms with Gasteiger partial charge < -0.3 is 16.0 Å². The highest BCUT2D eigenvalue weighted by atomic mass is 79.9. The lowest BCUT2D eigenvalue weighted by molar-refractivity contribution is -0.136. The Bertz CT molecular complexity index is 592. The molecule has 0 radical (unpaired) electrons. The van der Waals surface area contributed by atoms with Crippen LogP contribution in [0.5, 0.6) is 0 Å². The second-order valence-corrected chi connectivity index (χ2v) is 7.76. The molecule has 0 bridgehead atoms. The van der Waals surface area contributed by atoms with Crippen molar-refractivity contribution in [3.8, 4) is 0 Å². The van der Waals surface area contributed by atoms with Gasteiger partial charge in [-0.3, -0.25) is 9.59 Å². The van der Waals surface area contributed by atoms with Crippen LogP contribution in [0.3, 0.4) is 0 Å². The molecule has 0 aromatic heterocycles. The summed E-state index contributed by atoms with van der Waals surface area (Å²) >= 11 is 3.33. The number of hydrogen-bond acceptors (Lipinski definition) is 3. The van der Waals surface area contributed by atoms with Gasteiger partial charge in [-0.1, -0.05) is 29.8 Å². The summed E-state index contributed by atoms with van der Waals surface area (Å²) in [4.78, 5) is 26.6. The average molecular weight is 419 g/mol. The number of rotatable bonds is 3. The minimum Gasteiger partial charge on any atom is -0.341 e. The summed E-state index contributed by atoms with van der Waals surface area (Å²) in [5.41, 5.74) is 6.54. The van der Waals surface area contributed by atoms with E-state index in [0.29, 0.717) is 18.7 Å². The van der Waals surface area contributed by atoms with Crippen molar-refractivity contribution in [2.45, 2.75) is 39.3 Å². The van der Waals surface area contributed by atoms with Crippen molar-refractivity contribution in [3.05, 3.63) is 34.3 Å². The van der Waals surface area contributed by atoms with Crippen LogP contribution in [0.15, 0.2) is 28.7 Å². The maximum atomic E-state index is 12.6. The normalized spacial score (nSPS) is 20.7. The first-order valence-electron chi connectivity index (χ1n) is 7.81. The predicted molar refractivity (Wildman–Crippen MR) is 101 cm³/mol. The molecule has 1 aliphatic heterocycles. The van der Waals surface area contributed by atoms with Crippen molar-refractivity contribution >= 4 is 40.2 Å². The van der Waals surface area contributed by atoms with Crippen LogP contribution in [0.25, 0.3) is 0 Å². The van der Waals surface area contributed by atoms with E-state index in [2.05, 4.69) is 35.1 Å². The maximum absolute atomic E-state index is 12.6. The Morgan fingerprint density at radius 1 is 1.33 bits per heavy atom. The molecule has 2 rings (SSSR count). The fourth-order valence-corrected chi connectivity index (χ4v) is 3.04. The highest BCUT2D eigenvalue weighted by Crippen LogP contribution is 2.28. The van der Waals surface area contributed by atoms with E-state index in [1.165, 1.54) is 0 Å². The third-order valence-corrected chi connectivity index (χ3v) is 4.98. The minimum atomic E-state index is -0.559.